The second-order valence-electron chi connectivity index (χ2n) is 7.11. The van der Waals surface area contributed by atoms with Crippen LogP contribution in [0.1, 0.15) is 101 Å². The number of hydrogen-bond acceptors (Lipinski definition) is 3. The zero-order valence-corrected chi connectivity index (χ0v) is 16.3. The van der Waals surface area contributed by atoms with E-state index < -0.39 is 0 Å². The predicted molar refractivity (Wildman–Crippen MR) is 105 cm³/mol. The lowest BCUT2D eigenvalue weighted by Gasteiger charge is -2.16. The first-order valence-electron chi connectivity index (χ1n) is 10.3. The second-order valence-corrected chi connectivity index (χ2v) is 7.11. The van der Waals surface area contributed by atoms with E-state index in [9.17, 15) is 4.79 Å². The number of carbonyl (C=O) groups is 1. The molecule has 0 bridgehead atoms. The van der Waals surface area contributed by atoms with Crippen molar-refractivity contribution in [2.45, 2.75) is 90.9 Å². The van der Waals surface area contributed by atoms with Crippen molar-refractivity contribution < 1.29 is 9.53 Å². The average Bonchev–Trinajstić information content (AvgIpc) is 2.65. The van der Waals surface area contributed by atoms with Crippen LogP contribution in [-0.2, 0) is 4.74 Å². The summed E-state index contributed by atoms with van der Waals surface area (Å²) in [6, 6.07) is 3.53. The molecule has 0 spiro atoms. The molecule has 0 aliphatic carbocycles. The average molecular weight is 348 g/mol. The van der Waals surface area contributed by atoms with Gasteiger partial charge in [-0.15, -0.1) is 0 Å². The Morgan fingerprint density at radius 2 is 1.60 bits per heavy atom. The summed E-state index contributed by atoms with van der Waals surface area (Å²) in [5.41, 5.74) is 0.545. The molecule has 142 valence electrons. The van der Waals surface area contributed by atoms with Crippen LogP contribution in [-0.4, -0.2) is 17.6 Å². The second kappa shape index (κ2) is 14.9. The van der Waals surface area contributed by atoms with Gasteiger partial charge in [0.25, 0.3) is 0 Å². The van der Waals surface area contributed by atoms with Crippen molar-refractivity contribution in [2.24, 2.45) is 5.92 Å². The Morgan fingerprint density at radius 3 is 2.24 bits per heavy atom. The van der Waals surface area contributed by atoms with Crippen LogP contribution in [0.4, 0.5) is 0 Å². The van der Waals surface area contributed by atoms with Gasteiger partial charge < -0.3 is 4.74 Å². The molecule has 1 atom stereocenters. The summed E-state index contributed by atoms with van der Waals surface area (Å²) in [6.07, 6.45) is 18.7. The molecule has 1 unspecified atom stereocenters. The van der Waals surface area contributed by atoms with Crippen molar-refractivity contribution in [1.82, 2.24) is 4.98 Å². The van der Waals surface area contributed by atoms with Crippen LogP contribution in [0, 0.1) is 5.92 Å². The summed E-state index contributed by atoms with van der Waals surface area (Å²) in [5.74, 6) is 0.256. The van der Waals surface area contributed by atoms with Crippen LogP contribution in [0.15, 0.2) is 24.5 Å². The Kier molecular flexibility index (Phi) is 12.9. The quantitative estimate of drug-likeness (QED) is 0.266. The normalized spacial score (nSPS) is 12.1. The Hall–Kier alpha value is -1.38. The van der Waals surface area contributed by atoms with E-state index in [2.05, 4.69) is 18.8 Å². The largest absolute Gasteiger partial charge is 0.462 e. The van der Waals surface area contributed by atoms with E-state index in [-0.39, 0.29) is 5.97 Å². The molecule has 0 aliphatic heterocycles. The van der Waals surface area contributed by atoms with Gasteiger partial charge in [-0.3, -0.25) is 4.98 Å². The molecule has 1 aromatic heterocycles. The molecule has 0 N–H and O–H groups in total. The first-order valence-corrected chi connectivity index (χ1v) is 10.3. The minimum absolute atomic E-state index is 0.245. The maximum absolute atomic E-state index is 12.1. The topological polar surface area (TPSA) is 39.2 Å². The van der Waals surface area contributed by atoms with Crippen LogP contribution in [0.2, 0.25) is 0 Å². The summed E-state index contributed by atoms with van der Waals surface area (Å²) in [5, 5.41) is 0. The molecular formula is C22H37NO2. The van der Waals surface area contributed by atoms with Gasteiger partial charge in [0, 0.05) is 12.4 Å². The number of pyridine rings is 1. The van der Waals surface area contributed by atoms with Gasteiger partial charge in [-0.1, -0.05) is 78.1 Å². The zero-order chi connectivity index (χ0) is 18.2. The standard InChI is InChI=1S/C22H37NO2/c1-3-5-7-8-9-10-11-12-15-20(14-6-4-2)19-25-22(24)21-16-13-17-23-18-21/h13,16-18,20H,3-12,14-15,19H2,1-2H3. The smallest absolute Gasteiger partial charge is 0.339 e. The highest BCUT2D eigenvalue weighted by atomic mass is 16.5. The molecule has 25 heavy (non-hydrogen) atoms. The monoisotopic (exact) mass is 347 g/mol. The summed E-state index contributed by atoms with van der Waals surface area (Å²) < 4.78 is 5.53. The number of hydrogen-bond donors (Lipinski definition) is 0. The van der Waals surface area contributed by atoms with Crippen LogP contribution < -0.4 is 0 Å². The lowest BCUT2D eigenvalue weighted by atomic mass is 9.95. The minimum atomic E-state index is -0.245. The fourth-order valence-electron chi connectivity index (χ4n) is 3.13. The third-order valence-electron chi connectivity index (χ3n) is 4.78. The number of carbonyl (C=O) groups excluding carboxylic acids is 1. The van der Waals surface area contributed by atoms with Crippen molar-refractivity contribution in [3.8, 4) is 0 Å². The van der Waals surface area contributed by atoms with Crippen molar-refractivity contribution in [3.05, 3.63) is 30.1 Å². The number of unbranched alkanes of at least 4 members (excludes halogenated alkanes) is 8. The highest BCUT2D eigenvalue weighted by Crippen LogP contribution is 2.19. The van der Waals surface area contributed by atoms with Gasteiger partial charge in [-0.05, 0) is 30.9 Å². The summed E-state index contributed by atoms with van der Waals surface area (Å²) in [7, 11) is 0. The fraction of sp³-hybridized carbons (Fsp3) is 0.727. The minimum Gasteiger partial charge on any atom is -0.462 e. The SMILES string of the molecule is CCCCCCCCCCC(CCCC)COC(=O)c1cccnc1. The van der Waals surface area contributed by atoms with E-state index in [0.717, 1.165) is 6.42 Å². The molecule has 0 aliphatic rings. The van der Waals surface area contributed by atoms with Crippen LogP contribution >= 0.6 is 0 Å². The molecule has 0 radical (unpaired) electrons. The Bertz CT molecular complexity index is 433. The summed E-state index contributed by atoms with van der Waals surface area (Å²) in [4.78, 5) is 16.0. The molecule has 1 aromatic rings. The number of esters is 1. The van der Waals surface area contributed by atoms with E-state index in [0.29, 0.717) is 18.1 Å². The number of rotatable bonds is 15. The first-order chi connectivity index (χ1) is 12.3. The third kappa shape index (κ3) is 11.0. The van der Waals surface area contributed by atoms with Crippen LogP contribution in [0.5, 0.6) is 0 Å². The van der Waals surface area contributed by atoms with E-state index >= 15 is 0 Å². The Labute approximate surface area is 154 Å². The van der Waals surface area contributed by atoms with E-state index in [1.165, 1.54) is 70.6 Å². The predicted octanol–water partition coefficient (Wildman–Crippen LogP) is 6.58. The highest BCUT2D eigenvalue weighted by molar-refractivity contribution is 5.88. The number of ether oxygens (including phenoxy) is 1. The maximum Gasteiger partial charge on any atom is 0.339 e. The van der Waals surface area contributed by atoms with Gasteiger partial charge in [0.2, 0.25) is 0 Å². The van der Waals surface area contributed by atoms with Crippen molar-refractivity contribution in [3.63, 3.8) is 0 Å². The number of aromatic nitrogens is 1. The lowest BCUT2D eigenvalue weighted by molar-refractivity contribution is 0.0422. The van der Waals surface area contributed by atoms with Gasteiger partial charge in [0.1, 0.15) is 0 Å². The molecule has 3 heteroatoms. The maximum atomic E-state index is 12.1. The van der Waals surface area contributed by atoms with E-state index in [1.807, 2.05) is 0 Å². The molecule has 1 heterocycles. The van der Waals surface area contributed by atoms with Gasteiger partial charge in [-0.25, -0.2) is 4.79 Å². The third-order valence-corrected chi connectivity index (χ3v) is 4.78. The molecule has 0 aromatic carbocycles. The van der Waals surface area contributed by atoms with Gasteiger partial charge in [0.15, 0.2) is 0 Å². The van der Waals surface area contributed by atoms with Crippen molar-refractivity contribution >= 4 is 5.97 Å². The molecule has 0 saturated heterocycles. The summed E-state index contributed by atoms with van der Waals surface area (Å²) >= 11 is 0. The molecule has 0 saturated carbocycles. The fourth-order valence-corrected chi connectivity index (χ4v) is 3.13. The van der Waals surface area contributed by atoms with Crippen molar-refractivity contribution in [2.75, 3.05) is 6.61 Å². The Morgan fingerprint density at radius 1 is 0.960 bits per heavy atom. The van der Waals surface area contributed by atoms with Gasteiger partial charge in [-0.2, -0.15) is 0 Å². The zero-order valence-electron chi connectivity index (χ0n) is 16.3. The van der Waals surface area contributed by atoms with Gasteiger partial charge >= 0.3 is 5.97 Å². The molecule has 0 amide bonds. The van der Waals surface area contributed by atoms with Crippen LogP contribution in [0.3, 0.4) is 0 Å². The lowest BCUT2D eigenvalue weighted by Crippen LogP contribution is -2.15. The molecule has 0 fully saturated rings. The summed E-state index contributed by atoms with van der Waals surface area (Å²) in [6.45, 7) is 5.02. The molecule has 3 nitrogen and oxygen atoms in total. The molecule has 1 rings (SSSR count). The van der Waals surface area contributed by atoms with E-state index in [1.54, 1.807) is 24.5 Å². The highest BCUT2D eigenvalue weighted by Gasteiger charge is 2.13. The van der Waals surface area contributed by atoms with E-state index in [4.69, 9.17) is 4.74 Å². The van der Waals surface area contributed by atoms with Crippen LogP contribution in [0.25, 0.3) is 0 Å². The molecular weight excluding hydrogens is 310 g/mol. The van der Waals surface area contributed by atoms with Crippen molar-refractivity contribution in [1.29, 1.82) is 0 Å². The first kappa shape index (κ1) is 21.7. The Balaban J connectivity index is 2.21. The number of nitrogens with zero attached hydrogens (tertiary/aromatic N) is 1. The van der Waals surface area contributed by atoms with Gasteiger partial charge in [0.05, 0.1) is 12.2 Å².